The fourth-order valence-electron chi connectivity index (χ4n) is 2.69. The van der Waals surface area contributed by atoms with Gasteiger partial charge in [0.05, 0.1) is 4.90 Å². The largest absolute Gasteiger partial charge is 0.484 e. The molecule has 1 amide bonds. The first-order valence-corrected chi connectivity index (χ1v) is 10.4. The molecule has 1 saturated heterocycles. The van der Waals surface area contributed by atoms with Crippen LogP contribution in [0.25, 0.3) is 0 Å². The maximum absolute atomic E-state index is 12.2. The summed E-state index contributed by atoms with van der Waals surface area (Å²) in [5, 5.41) is 0. The van der Waals surface area contributed by atoms with Crippen LogP contribution in [-0.4, -0.2) is 45.0 Å². The normalized spacial score (nSPS) is 17.0. The van der Waals surface area contributed by atoms with E-state index in [1.807, 2.05) is 18.7 Å². The van der Waals surface area contributed by atoms with Gasteiger partial charge in [-0.2, -0.15) is 0 Å². The van der Waals surface area contributed by atoms with Crippen LogP contribution in [0.1, 0.15) is 46.0 Å². The number of sulfonamides is 1. The van der Waals surface area contributed by atoms with Gasteiger partial charge < -0.3 is 9.64 Å². The summed E-state index contributed by atoms with van der Waals surface area (Å²) < 4.78 is 32.5. The Balaban J connectivity index is 1.90. The van der Waals surface area contributed by atoms with Crippen LogP contribution in [0.15, 0.2) is 29.2 Å². The molecule has 1 atom stereocenters. The number of hydrogen-bond donors (Lipinski definition) is 1. The van der Waals surface area contributed by atoms with E-state index in [2.05, 4.69) is 4.72 Å². The molecule has 0 unspecified atom stereocenters. The van der Waals surface area contributed by atoms with Gasteiger partial charge in [-0.25, -0.2) is 13.1 Å². The van der Waals surface area contributed by atoms with E-state index in [0.29, 0.717) is 5.75 Å². The number of carbonyl (C=O) groups excluding carboxylic acids is 1. The molecule has 0 aliphatic carbocycles. The van der Waals surface area contributed by atoms with Gasteiger partial charge in [-0.3, -0.25) is 4.79 Å². The Kier molecular flexibility index (Phi) is 7.25. The molecular formula is C18H28N2O4S. The Morgan fingerprint density at radius 2 is 1.76 bits per heavy atom. The number of nitrogens with one attached hydrogen (secondary N) is 1. The molecule has 0 aromatic heterocycles. The second-order valence-electron chi connectivity index (χ2n) is 6.49. The van der Waals surface area contributed by atoms with E-state index in [1.54, 1.807) is 12.1 Å². The lowest BCUT2D eigenvalue weighted by molar-refractivity contribution is -0.133. The summed E-state index contributed by atoms with van der Waals surface area (Å²) in [6.45, 7) is 5.31. The predicted molar refractivity (Wildman–Crippen MR) is 97.1 cm³/mol. The first-order chi connectivity index (χ1) is 11.9. The molecule has 1 aliphatic rings. The minimum atomic E-state index is -3.52. The fraction of sp³-hybridized carbons (Fsp3) is 0.611. The van der Waals surface area contributed by atoms with Crippen LogP contribution in [0.3, 0.4) is 0 Å². The van der Waals surface area contributed by atoms with Gasteiger partial charge in [0.1, 0.15) is 5.75 Å². The minimum Gasteiger partial charge on any atom is -0.484 e. The lowest BCUT2D eigenvalue weighted by atomic mass is 10.2. The molecule has 0 bridgehead atoms. The first kappa shape index (κ1) is 19.7. The standard InChI is InChI=1S/C18H28N2O4S/c1-3-15(2)19-25(22,23)17-10-8-16(9-11-17)24-14-18(21)20-12-6-4-5-7-13-20/h8-11,15,19H,3-7,12-14H2,1-2H3/t15-/m1/s1. The van der Waals surface area contributed by atoms with E-state index >= 15 is 0 Å². The Labute approximate surface area is 150 Å². The molecule has 25 heavy (non-hydrogen) atoms. The monoisotopic (exact) mass is 368 g/mol. The minimum absolute atomic E-state index is 0.0166. The lowest BCUT2D eigenvalue weighted by Crippen LogP contribution is -2.35. The smallest absolute Gasteiger partial charge is 0.260 e. The summed E-state index contributed by atoms with van der Waals surface area (Å²) in [5.74, 6) is 0.475. The van der Waals surface area contributed by atoms with Crippen LogP contribution in [0.2, 0.25) is 0 Å². The van der Waals surface area contributed by atoms with Crippen molar-refractivity contribution in [2.24, 2.45) is 0 Å². The predicted octanol–water partition coefficient (Wildman–Crippen LogP) is 2.54. The average molecular weight is 368 g/mol. The summed E-state index contributed by atoms with van der Waals surface area (Å²) in [4.78, 5) is 14.2. The zero-order valence-electron chi connectivity index (χ0n) is 15.0. The Morgan fingerprint density at radius 3 is 2.32 bits per heavy atom. The second-order valence-corrected chi connectivity index (χ2v) is 8.20. The molecule has 1 heterocycles. The van der Waals surface area contributed by atoms with Gasteiger partial charge in [0.25, 0.3) is 5.91 Å². The van der Waals surface area contributed by atoms with Gasteiger partial charge in [-0.1, -0.05) is 19.8 Å². The van der Waals surface area contributed by atoms with E-state index in [1.165, 1.54) is 25.0 Å². The molecular weight excluding hydrogens is 340 g/mol. The Morgan fingerprint density at radius 1 is 1.16 bits per heavy atom. The summed E-state index contributed by atoms with van der Waals surface area (Å²) in [5.41, 5.74) is 0. The topological polar surface area (TPSA) is 75.7 Å². The molecule has 0 saturated carbocycles. The highest BCUT2D eigenvalue weighted by atomic mass is 32.2. The third-order valence-electron chi connectivity index (χ3n) is 4.42. The van der Waals surface area contributed by atoms with E-state index < -0.39 is 10.0 Å². The van der Waals surface area contributed by atoms with Crippen molar-refractivity contribution in [2.75, 3.05) is 19.7 Å². The number of likely N-dealkylation sites (tertiary alicyclic amines) is 1. The summed E-state index contributed by atoms with van der Waals surface area (Å²) in [7, 11) is -3.52. The van der Waals surface area contributed by atoms with Crippen LogP contribution >= 0.6 is 0 Å². The highest BCUT2D eigenvalue weighted by Gasteiger charge is 2.18. The molecule has 1 aliphatic heterocycles. The second kappa shape index (κ2) is 9.20. The SMILES string of the molecule is CC[C@@H](C)NS(=O)(=O)c1ccc(OCC(=O)N2CCCCCC2)cc1. The quantitative estimate of drug-likeness (QED) is 0.802. The van der Waals surface area contributed by atoms with Crippen LogP contribution in [-0.2, 0) is 14.8 Å². The van der Waals surface area contributed by atoms with Crippen molar-refractivity contribution >= 4 is 15.9 Å². The van der Waals surface area contributed by atoms with Crippen molar-refractivity contribution in [3.8, 4) is 5.75 Å². The maximum atomic E-state index is 12.2. The van der Waals surface area contributed by atoms with E-state index in [0.717, 1.165) is 32.4 Å². The van der Waals surface area contributed by atoms with Gasteiger partial charge >= 0.3 is 0 Å². The number of carbonyl (C=O) groups is 1. The molecule has 1 fully saturated rings. The van der Waals surface area contributed by atoms with E-state index in [9.17, 15) is 13.2 Å². The average Bonchev–Trinajstić information content (AvgIpc) is 2.89. The van der Waals surface area contributed by atoms with Gasteiger partial charge in [0, 0.05) is 19.1 Å². The van der Waals surface area contributed by atoms with Crippen molar-refractivity contribution < 1.29 is 17.9 Å². The van der Waals surface area contributed by atoms with Crippen molar-refractivity contribution in [1.29, 1.82) is 0 Å². The molecule has 2 rings (SSSR count). The van der Waals surface area contributed by atoms with Crippen LogP contribution < -0.4 is 9.46 Å². The number of nitrogens with zero attached hydrogens (tertiary/aromatic N) is 1. The van der Waals surface area contributed by atoms with Crippen molar-refractivity contribution in [2.45, 2.75) is 56.9 Å². The first-order valence-electron chi connectivity index (χ1n) is 8.95. The third kappa shape index (κ3) is 6.01. The number of ether oxygens (including phenoxy) is 1. The number of hydrogen-bond acceptors (Lipinski definition) is 4. The number of rotatable bonds is 7. The van der Waals surface area contributed by atoms with Gasteiger partial charge in [0.2, 0.25) is 10.0 Å². The number of amides is 1. The van der Waals surface area contributed by atoms with Crippen LogP contribution in [0, 0.1) is 0 Å². The van der Waals surface area contributed by atoms with Gasteiger partial charge in [-0.05, 0) is 50.5 Å². The highest BCUT2D eigenvalue weighted by Crippen LogP contribution is 2.17. The highest BCUT2D eigenvalue weighted by molar-refractivity contribution is 7.89. The van der Waals surface area contributed by atoms with Crippen molar-refractivity contribution in [1.82, 2.24) is 9.62 Å². The molecule has 7 heteroatoms. The molecule has 0 radical (unpaired) electrons. The fourth-order valence-corrected chi connectivity index (χ4v) is 4.01. The molecule has 0 spiro atoms. The Bertz CT molecular complexity index is 650. The Hall–Kier alpha value is -1.60. The van der Waals surface area contributed by atoms with Crippen molar-refractivity contribution in [3.05, 3.63) is 24.3 Å². The third-order valence-corrected chi connectivity index (χ3v) is 6.03. The number of benzene rings is 1. The van der Waals surface area contributed by atoms with E-state index in [-0.39, 0.29) is 23.5 Å². The van der Waals surface area contributed by atoms with Crippen LogP contribution in [0.4, 0.5) is 0 Å². The summed E-state index contributed by atoms with van der Waals surface area (Å²) in [6.07, 6.45) is 5.15. The zero-order valence-corrected chi connectivity index (χ0v) is 15.8. The van der Waals surface area contributed by atoms with Crippen molar-refractivity contribution in [3.63, 3.8) is 0 Å². The van der Waals surface area contributed by atoms with Crippen LogP contribution in [0.5, 0.6) is 5.75 Å². The molecule has 1 N–H and O–H groups in total. The van der Waals surface area contributed by atoms with Gasteiger partial charge in [-0.15, -0.1) is 0 Å². The summed E-state index contributed by atoms with van der Waals surface area (Å²) in [6, 6.07) is 6.04. The molecule has 6 nitrogen and oxygen atoms in total. The molecule has 1 aromatic rings. The molecule has 140 valence electrons. The molecule has 1 aromatic carbocycles. The van der Waals surface area contributed by atoms with Gasteiger partial charge in [0.15, 0.2) is 6.61 Å². The maximum Gasteiger partial charge on any atom is 0.260 e. The zero-order chi connectivity index (χ0) is 18.3. The lowest BCUT2D eigenvalue weighted by Gasteiger charge is -2.20. The van der Waals surface area contributed by atoms with E-state index in [4.69, 9.17) is 4.74 Å². The summed E-state index contributed by atoms with van der Waals surface area (Å²) >= 11 is 0.